The number of nitrogens with zero attached hydrogens (tertiary/aromatic N) is 4. The minimum atomic E-state index is -0.285. The summed E-state index contributed by atoms with van der Waals surface area (Å²) in [6, 6.07) is 6.51. The average Bonchev–Trinajstić information content (AvgIpc) is 2.98. The third-order valence-corrected chi connectivity index (χ3v) is 4.04. The summed E-state index contributed by atoms with van der Waals surface area (Å²) in [5.74, 6) is -0.0630. The first-order valence-corrected chi connectivity index (χ1v) is 6.96. The quantitative estimate of drug-likeness (QED) is 0.849. The van der Waals surface area contributed by atoms with E-state index in [1.165, 1.54) is 16.4 Å². The van der Waals surface area contributed by atoms with Crippen LogP contribution in [0.2, 0.25) is 0 Å². The summed E-state index contributed by atoms with van der Waals surface area (Å²) in [6.45, 7) is 1.86. The minimum absolute atomic E-state index is 0.0713. The van der Waals surface area contributed by atoms with E-state index in [0.717, 1.165) is 5.69 Å². The number of thioether (sulfide) groups is 1. The van der Waals surface area contributed by atoms with Crippen LogP contribution in [0.15, 0.2) is 29.4 Å². The number of aromatic nitrogens is 4. The van der Waals surface area contributed by atoms with E-state index in [-0.39, 0.29) is 23.1 Å². The molecule has 0 unspecified atom stereocenters. The fourth-order valence-corrected chi connectivity index (χ4v) is 3.05. The summed E-state index contributed by atoms with van der Waals surface area (Å²) >= 11 is 1.29. The highest BCUT2D eigenvalue weighted by Crippen LogP contribution is 2.31. The topological polar surface area (TPSA) is 90.1 Å². The fourth-order valence-electron chi connectivity index (χ4n) is 1.95. The van der Waals surface area contributed by atoms with Gasteiger partial charge in [0.15, 0.2) is 0 Å². The monoisotopic (exact) mass is 292 g/mol. The smallest absolute Gasteiger partial charge is 0.319 e. The van der Waals surface area contributed by atoms with Crippen molar-refractivity contribution in [3.63, 3.8) is 0 Å². The number of ether oxygens (including phenoxy) is 1. The number of rotatable bonds is 3. The van der Waals surface area contributed by atoms with Gasteiger partial charge in [0.1, 0.15) is 17.1 Å². The van der Waals surface area contributed by atoms with E-state index in [9.17, 15) is 9.90 Å². The third-order valence-electron chi connectivity index (χ3n) is 2.91. The highest BCUT2D eigenvalue weighted by Gasteiger charge is 2.34. The molecular weight excluding hydrogens is 280 g/mol. The second-order valence-corrected chi connectivity index (χ2v) is 5.65. The first-order chi connectivity index (χ1) is 9.63. The predicted octanol–water partition coefficient (Wildman–Crippen LogP) is 1.16. The van der Waals surface area contributed by atoms with E-state index in [0.29, 0.717) is 11.6 Å². The number of carbonyl (C=O) groups excluding carboxylic acids is 1. The van der Waals surface area contributed by atoms with Crippen molar-refractivity contribution in [3.8, 4) is 11.4 Å². The van der Waals surface area contributed by atoms with E-state index >= 15 is 0 Å². The second-order valence-electron chi connectivity index (χ2n) is 4.48. The van der Waals surface area contributed by atoms with Crippen molar-refractivity contribution >= 4 is 17.7 Å². The molecule has 0 bridgehead atoms. The third kappa shape index (κ3) is 2.46. The van der Waals surface area contributed by atoms with Crippen LogP contribution in [0.25, 0.3) is 5.69 Å². The number of cyclic esters (lactones) is 1. The zero-order valence-corrected chi connectivity index (χ0v) is 11.4. The van der Waals surface area contributed by atoms with Crippen LogP contribution < -0.4 is 0 Å². The van der Waals surface area contributed by atoms with Gasteiger partial charge in [0.25, 0.3) is 0 Å². The molecule has 0 aliphatic carbocycles. The van der Waals surface area contributed by atoms with Crippen LogP contribution in [0, 0.1) is 0 Å². The minimum Gasteiger partial charge on any atom is -0.508 e. The molecule has 2 atom stereocenters. The number of carbonyl (C=O) groups is 1. The molecule has 0 radical (unpaired) electrons. The maximum Gasteiger partial charge on any atom is 0.319 e. The van der Waals surface area contributed by atoms with Gasteiger partial charge in [0.05, 0.1) is 5.69 Å². The predicted molar refractivity (Wildman–Crippen MR) is 70.6 cm³/mol. The van der Waals surface area contributed by atoms with Crippen molar-refractivity contribution in [1.82, 2.24) is 20.2 Å². The molecule has 2 heterocycles. The summed E-state index contributed by atoms with van der Waals surface area (Å²) in [5.41, 5.74) is 0.717. The van der Waals surface area contributed by atoms with Gasteiger partial charge in [-0.2, -0.15) is 4.68 Å². The van der Waals surface area contributed by atoms with Crippen LogP contribution in [-0.4, -0.2) is 42.6 Å². The number of hydrogen-bond acceptors (Lipinski definition) is 7. The Morgan fingerprint density at radius 3 is 2.80 bits per heavy atom. The van der Waals surface area contributed by atoms with Crippen molar-refractivity contribution in [2.24, 2.45) is 0 Å². The summed E-state index contributed by atoms with van der Waals surface area (Å²) < 4.78 is 6.64. The van der Waals surface area contributed by atoms with Crippen molar-refractivity contribution in [1.29, 1.82) is 0 Å². The van der Waals surface area contributed by atoms with Gasteiger partial charge in [-0.25, -0.2) is 0 Å². The number of hydrogen-bond donors (Lipinski definition) is 1. The van der Waals surface area contributed by atoms with Crippen LogP contribution in [-0.2, 0) is 9.53 Å². The Morgan fingerprint density at radius 2 is 2.15 bits per heavy atom. The molecule has 8 heteroatoms. The van der Waals surface area contributed by atoms with Crippen molar-refractivity contribution < 1.29 is 14.6 Å². The lowest BCUT2D eigenvalue weighted by Crippen LogP contribution is -2.11. The maximum absolute atomic E-state index is 11.6. The summed E-state index contributed by atoms with van der Waals surface area (Å²) in [5, 5.41) is 21.0. The Kier molecular flexibility index (Phi) is 3.31. The summed E-state index contributed by atoms with van der Waals surface area (Å²) in [6.07, 6.45) is 0.573. The Morgan fingerprint density at radius 1 is 1.40 bits per heavy atom. The largest absolute Gasteiger partial charge is 0.508 e. The lowest BCUT2D eigenvalue weighted by atomic mass is 10.3. The normalized spacial score (nSPS) is 21.9. The van der Waals surface area contributed by atoms with E-state index in [2.05, 4.69) is 15.5 Å². The molecule has 0 amide bonds. The summed E-state index contributed by atoms with van der Waals surface area (Å²) in [7, 11) is 0. The Hall–Kier alpha value is -2.09. The van der Waals surface area contributed by atoms with E-state index < -0.39 is 0 Å². The highest BCUT2D eigenvalue weighted by atomic mass is 32.2. The van der Waals surface area contributed by atoms with Crippen LogP contribution in [0.1, 0.15) is 13.3 Å². The Labute approximate surface area is 118 Å². The van der Waals surface area contributed by atoms with Gasteiger partial charge in [-0.05, 0) is 41.6 Å². The zero-order chi connectivity index (χ0) is 14.1. The van der Waals surface area contributed by atoms with Gasteiger partial charge in [0.2, 0.25) is 5.16 Å². The molecule has 20 heavy (non-hydrogen) atoms. The SMILES string of the molecule is C[C@@H]1C[C@H](Sc2nnnn2-c2ccc(O)cc2)C(=O)O1. The molecule has 104 valence electrons. The number of tetrazole rings is 1. The number of phenolic OH excluding ortho intramolecular Hbond substituents is 1. The molecule has 1 aromatic heterocycles. The van der Waals surface area contributed by atoms with Crippen molar-refractivity contribution in [3.05, 3.63) is 24.3 Å². The van der Waals surface area contributed by atoms with Gasteiger partial charge >= 0.3 is 5.97 Å². The molecule has 1 aliphatic heterocycles. The highest BCUT2D eigenvalue weighted by molar-refractivity contribution is 8.00. The lowest BCUT2D eigenvalue weighted by Gasteiger charge is -2.06. The van der Waals surface area contributed by atoms with Crippen LogP contribution in [0.5, 0.6) is 5.75 Å². The average molecular weight is 292 g/mol. The van der Waals surface area contributed by atoms with Crippen molar-refractivity contribution in [2.75, 3.05) is 0 Å². The number of esters is 1. The molecule has 1 aliphatic rings. The fraction of sp³-hybridized carbons (Fsp3) is 0.333. The van der Waals surface area contributed by atoms with Crippen LogP contribution in [0.4, 0.5) is 0 Å². The first-order valence-electron chi connectivity index (χ1n) is 6.08. The van der Waals surface area contributed by atoms with Gasteiger partial charge in [-0.15, -0.1) is 5.10 Å². The molecular formula is C12H12N4O3S. The molecule has 1 saturated heterocycles. The summed E-state index contributed by atoms with van der Waals surface area (Å²) in [4.78, 5) is 11.6. The molecule has 1 aromatic carbocycles. The molecule has 2 aromatic rings. The molecule has 7 nitrogen and oxygen atoms in total. The van der Waals surface area contributed by atoms with Crippen LogP contribution >= 0.6 is 11.8 Å². The zero-order valence-electron chi connectivity index (χ0n) is 10.6. The lowest BCUT2D eigenvalue weighted by molar-refractivity contribution is -0.140. The molecule has 3 rings (SSSR count). The number of phenols is 1. The standard InChI is InChI=1S/C12H12N4O3S/c1-7-6-10(11(18)19-7)20-12-13-14-15-16(12)8-2-4-9(17)5-3-8/h2-5,7,10,17H,6H2,1H3/t7-,10+/m1/s1. The van der Waals surface area contributed by atoms with E-state index in [1.54, 1.807) is 24.3 Å². The van der Waals surface area contributed by atoms with E-state index in [4.69, 9.17) is 4.74 Å². The first kappa shape index (κ1) is 12.9. The van der Waals surface area contributed by atoms with Crippen LogP contribution in [0.3, 0.4) is 0 Å². The van der Waals surface area contributed by atoms with Gasteiger partial charge in [0, 0.05) is 6.42 Å². The van der Waals surface area contributed by atoms with E-state index in [1.807, 2.05) is 6.92 Å². The molecule has 0 spiro atoms. The Bertz CT molecular complexity index is 628. The molecule has 1 fully saturated rings. The van der Waals surface area contributed by atoms with Crippen molar-refractivity contribution in [2.45, 2.75) is 29.9 Å². The van der Waals surface area contributed by atoms with Gasteiger partial charge in [-0.3, -0.25) is 4.79 Å². The maximum atomic E-state index is 11.6. The van der Waals surface area contributed by atoms with Gasteiger partial charge < -0.3 is 9.84 Å². The van der Waals surface area contributed by atoms with Gasteiger partial charge in [-0.1, -0.05) is 11.8 Å². The molecule has 0 saturated carbocycles. The number of aromatic hydroxyl groups is 1. The molecule has 1 N–H and O–H groups in total. The second kappa shape index (κ2) is 5.12. The number of benzene rings is 1. The Balaban J connectivity index is 1.83.